The molecular formula is C57H40N4. The van der Waals surface area contributed by atoms with E-state index in [2.05, 4.69) is 205 Å². The summed E-state index contributed by atoms with van der Waals surface area (Å²) in [6.07, 6.45) is 8.54. The van der Waals surface area contributed by atoms with Gasteiger partial charge in [0.1, 0.15) is 0 Å². The van der Waals surface area contributed by atoms with Gasteiger partial charge in [0.05, 0.1) is 11.0 Å². The summed E-state index contributed by atoms with van der Waals surface area (Å²) in [7, 11) is 0. The molecule has 1 aliphatic rings. The van der Waals surface area contributed by atoms with Crippen molar-refractivity contribution >= 4 is 27.4 Å². The fourth-order valence-corrected chi connectivity index (χ4v) is 8.76. The smallest absolute Gasteiger partial charge is 0.164 e. The van der Waals surface area contributed by atoms with Crippen LogP contribution < -0.4 is 0 Å². The molecule has 10 aromatic rings. The molecule has 1 aliphatic carbocycles. The zero-order valence-electron chi connectivity index (χ0n) is 33.5. The summed E-state index contributed by atoms with van der Waals surface area (Å²) < 4.78 is 2.45. The van der Waals surface area contributed by atoms with Crippen molar-refractivity contribution in [1.82, 2.24) is 19.5 Å². The molecule has 4 nitrogen and oxygen atoms in total. The lowest BCUT2D eigenvalue weighted by molar-refractivity contribution is 1.01. The monoisotopic (exact) mass is 780 g/mol. The van der Waals surface area contributed by atoms with Crippen LogP contribution in [0.1, 0.15) is 18.7 Å². The van der Waals surface area contributed by atoms with E-state index in [0.717, 1.165) is 51.9 Å². The molecule has 0 atom stereocenters. The molecule has 0 N–H and O–H groups in total. The lowest BCUT2D eigenvalue weighted by Gasteiger charge is -2.16. The van der Waals surface area contributed by atoms with Crippen LogP contribution in [0.2, 0.25) is 0 Å². The number of fused-ring (bicyclic) bond motifs is 3. The summed E-state index contributed by atoms with van der Waals surface area (Å²) >= 11 is 0. The minimum Gasteiger partial charge on any atom is -0.309 e. The van der Waals surface area contributed by atoms with Crippen molar-refractivity contribution in [2.75, 3.05) is 0 Å². The molecule has 0 bridgehead atoms. The Bertz CT molecular complexity index is 3290. The molecule has 288 valence electrons. The van der Waals surface area contributed by atoms with Gasteiger partial charge >= 0.3 is 0 Å². The van der Waals surface area contributed by atoms with E-state index in [1.807, 2.05) is 18.2 Å². The highest BCUT2D eigenvalue weighted by molar-refractivity contribution is 6.15. The van der Waals surface area contributed by atoms with Gasteiger partial charge in [-0.05, 0) is 88.2 Å². The Labute approximate surface area is 355 Å². The third kappa shape index (κ3) is 6.84. The van der Waals surface area contributed by atoms with E-state index in [9.17, 15) is 0 Å². The molecule has 0 aliphatic heterocycles. The maximum Gasteiger partial charge on any atom is 0.164 e. The van der Waals surface area contributed by atoms with Crippen molar-refractivity contribution in [3.8, 4) is 73.0 Å². The molecule has 0 saturated carbocycles. The average molecular weight is 781 g/mol. The van der Waals surface area contributed by atoms with Crippen LogP contribution in [0, 0.1) is 0 Å². The van der Waals surface area contributed by atoms with Gasteiger partial charge in [-0.15, -0.1) is 0 Å². The van der Waals surface area contributed by atoms with Gasteiger partial charge in [0.15, 0.2) is 17.5 Å². The predicted molar refractivity (Wildman–Crippen MR) is 253 cm³/mol. The molecule has 11 rings (SSSR count). The van der Waals surface area contributed by atoms with Crippen LogP contribution in [-0.2, 0) is 0 Å². The number of benzene rings is 8. The Morgan fingerprint density at radius 2 is 0.918 bits per heavy atom. The van der Waals surface area contributed by atoms with Crippen LogP contribution in [0.5, 0.6) is 0 Å². The maximum absolute atomic E-state index is 5.06. The van der Waals surface area contributed by atoms with E-state index in [0.29, 0.717) is 17.5 Å². The van der Waals surface area contributed by atoms with Crippen LogP contribution in [0.4, 0.5) is 0 Å². The first-order valence-corrected chi connectivity index (χ1v) is 20.9. The van der Waals surface area contributed by atoms with Gasteiger partial charge in [0.25, 0.3) is 0 Å². The predicted octanol–water partition coefficient (Wildman–Crippen LogP) is 14.7. The summed E-state index contributed by atoms with van der Waals surface area (Å²) in [6.45, 7) is 0. The summed E-state index contributed by atoms with van der Waals surface area (Å²) in [5.74, 6) is 2.01. The van der Waals surface area contributed by atoms with Crippen LogP contribution in [0.25, 0.3) is 100 Å². The Morgan fingerprint density at radius 1 is 0.361 bits per heavy atom. The average Bonchev–Trinajstić information content (AvgIpc) is 3.69. The van der Waals surface area contributed by atoms with Crippen molar-refractivity contribution < 1.29 is 0 Å². The van der Waals surface area contributed by atoms with Gasteiger partial charge in [-0.1, -0.05) is 182 Å². The second kappa shape index (κ2) is 15.7. The number of aromatic nitrogens is 4. The molecule has 8 aromatic carbocycles. The van der Waals surface area contributed by atoms with E-state index >= 15 is 0 Å². The van der Waals surface area contributed by atoms with Crippen molar-refractivity contribution in [2.24, 2.45) is 0 Å². The molecule has 0 spiro atoms. The van der Waals surface area contributed by atoms with Crippen molar-refractivity contribution in [2.45, 2.75) is 12.8 Å². The number of rotatable bonds is 8. The molecule has 0 fully saturated rings. The molecule has 4 heteroatoms. The fraction of sp³-hybridized carbons (Fsp3) is 0.0351. The highest BCUT2D eigenvalue weighted by Gasteiger charge is 2.20. The summed E-state index contributed by atoms with van der Waals surface area (Å²) in [6, 6.07) is 71.5. The first kappa shape index (κ1) is 36.2. The first-order valence-electron chi connectivity index (χ1n) is 20.9. The molecule has 0 radical (unpaired) electrons. The van der Waals surface area contributed by atoms with Crippen LogP contribution >= 0.6 is 0 Å². The minimum atomic E-state index is 0.654. The lowest BCUT2D eigenvalue weighted by Crippen LogP contribution is -2.03. The van der Waals surface area contributed by atoms with E-state index in [4.69, 9.17) is 15.0 Å². The largest absolute Gasteiger partial charge is 0.309 e. The van der Waals surface area contributed by atoms with Crippen LogP contribution in [0.15, 0.2) is 218 Å². The van der Waals surface area contributed by atoms with E-state index in [-0.39, 0.29) is 0 Å². The van der Waals surface area contributed by atoms with Crippen LogP contribution in [-0.4, -0.2) is 19.5 Å². The normalized spacial score (nSPS) is 12.5. The second-order valence-corrected chi connectivity index (χ2v) is 15.5. The molecule has 0 saturated heterocycles. The van der Waals surface area contributed by atoms with Gasteiger partial charge in [-0.25, -0.2) is 15.0 Å². The third-order valence-corrected chi connectivity index (χ3v) is 11.7. The Balaban J connectivity index is 1.07. The molecular weight excluding hydrogens is 741 g/mol. The summed E-state index contributed by atoms with van der Waals surface area (Å²) in [5.41, 5.74) is 15.7. The molecule has 61 heavy (non-hydrogen) atoms. The van der Waals surface area contributed by atoms with Gasteiger partial charge in [0, 0.05) is 38.7 Å². The Kier molecular flexibility index (Phi) is 9.29. The zero-order valence-corrected chi connectivity index (χ0v) is 33.5. The highest BCUT2D eigenvalue weighted by atomic mass is 15.0. The minimum absolute atomic E-state index is 0.654. The first-order chi connectivity index (χ1) is 30.2. The SMILES string of the molecule is C1=CC(c2nc(-c3ccccc3)nc(-c3cccc(-c4cccc(-n5c6ccccc6c6cc(-c7ccccc7-c7ccccc7)cc(-c7ccccc7)c65)c4)c3)n2)=CCC1. The van der Waals surface area contributed by atoms with Gasteiger partial charge < -0.3 is 4.57 Å². The van der Waals surface area contributed by atoms with Gasteiger partial charge in [-0.2, -0.15) is 0 Å². The summed E-state index contributed by atoms with van der Waals surface area (Å²) in [5, 5.41) is 2.42. The van der Waals surface area contributed by atoms with E-state index < -0.39 is 0 Å². The molecule has 0 amide bonds. The third-order valence-electron chi connectivity index (χ3n) is 11.7. The number of hydrogen-bond acceptors (Lipinski definition) is 3. The molecule has 2 aromatic heterocycles. The second-order valence-electron chi connectivity index (χ2n) is 15.5. The molecule has 2 heterocycles. The fourth-order valence-electron chi connectivity index (χ4n) is 8.76. The topological polar surface area (TPSA) is 43.6 Å². The van der Waals surface area contributed by atoms with Crippen molar-refractivity contribution in [3.05, 3.63) is 224 Å². The quantitative estimate of drug-likeness (QED) is 0.154. The number of para-hydroxylation sites is 1. The van der Waals surface area contributed by atoms with Crippen molar-refractivity contribution in [1.29, 1.82) is 0 Å². The maximum atomic E-state index is 5.06. The van der Waals surface area contributed by atoms with E-state index in [1.54, 1.807) is 0 Å². The van der Waals surface area contributed by atoms with Gasteiger partial charge in [-0.3, -0.25) is 0 Å². The van der Waals surface area contributed by atoms with Crippen molar-refractivity contribution in [3.63, 3.8) is 0 Å². The highest BCUT2D eigenvalue weighted by Crippen LogP contribution is 2.43. The summed E-state index contributed by atoms with van der Waals surface area (Å²) in [4.78, 5) is 15.0. The number of nitrogens with zero attached hydrogens (tertiary/aromatic N) is 4. The molecule has 0 unspecified atom stereocenters. The zero-order chi connectivity index (χ0) is 40.5. The number of hydrogen-bond donors (Lipinski definition) is 0. The van der Waals surface area contributed by atoms with E-state index in [1.165, 1.54) is 49.7 Å². The number of allylic oxidation sites excluding steroid dienone is 4. The lowest BCUT2D eigenvalue weighted by atomic mass is 9.91. The Hall–Kier alpha value is -7.95. The Morgan fingerprint density at radius 3 is 1.64 bits per heavy atom. The standard InChI is InChI=1S/C57H40N4/c1-5-19-39(20-6-1)48-31-13-14-32-49(48)46-37-51(40-21-7-2-8-22-40)54-52(38-46)50-33-15-16-34-53(50)61(54)47-30-18-28-44(36-47)43-27-17-29-45(35-43)57-59-55(41-23-9-3-10-24-41)58-56(60-57)42-25-11-4-12-26-42/h1-3,5-11,13-38H,4,12H2. The van der Waals surface area contributed by atoms with Crippen LogP contribution in [0.3, 0.4) is 0 Å². The van der Waals surface area contributed by atoms with Gasteiger partial charge in [0.2, 0.25) is 0 Å².